The number of rotatable bonds is 8. The SMILES string of the molecule is C=C(CNCc1ccccc1)[C@@H]1CC[C@]2(COC(C)=O)CC[C@]3(C)[C@H](CC[C@@H]4[C@@]5(C)CC[C@H](OC(C)=O)C(C)(C)[C@@H]5CC[C@]43C)[C@@H]12. The number of esters is 2. The fraction of sp³-hybridized carbons (Fsp3) is 0.756. The standard InChI is InChI=1S/C41H61NO4/c1-27(24-42-25-30-12-10-9-11-13-30)31-16-21-41(26-45-28(2)43)23-22-39(7)32(36(31)41)14-15-34-38(6)19-18-35(46-29(3)44)37(4,5)33(38)17-20-40(34,39)8/h9-13,31-36,42H,1,14-26H2,2-8H3/t31-,32+,33-,34+,35-,36+,38-,39+,40+,41+/m0/s1. The molecule has 5 fully saturated rings. The molecule has 0 aliphatic heterocycles. The van der Waals surface area contributed by atoms with Gasteiger partial charge in [-0.05, 0) is 116 Å². The summed E-state index contributed by atoms with van der Waals surface area (Å²) in [6, 6.07) is 10.6. The van der Waals surface area contributed by atoms with Crippen molar-refractivity contribution in [1.82, 2.24) is 5.32 Å². The molecule has 5 nitrogen and oxygen atoms in total. The van der Waals surface area contributed by atoms with Gasteiger partial charge in [-0.1, -0.05) is 77.1 Å². The van der Waals surface area contributed by atoms with Crippen molar-refractivity contribution < 1.29 is 19.1 Å². The van der Waals surface area contributed by atoms with Gasteiger partial charge in [-0.2, -0.15) is 0 Å². The average molecular weight is 632 g/mol. The van der Waals surface area contributed by atoms with E-state index in [9.17, 15) is 9.59 Å². The van der Waals surface area contributed by atoms with Gasteiger partial charge in [0, 0.05) is 37.8 Å². The van der Waals surface area contributed by atoms with E-state index in [1.165, 1.54) is 43.2 Å². The van der Waals surface area contributed by atoms with Crippen LogP contribution in [0.3, 0.4) is 0 Å². The van der Waals surface area contributed by atoms with E-state index >= 15 is 0 Å². The summed E-state index contributed by atoms with van der Waals surface area (Å²) in [5.41, 5.74) is 3.39. The van der Waals surface area contributed by atoms with E-state index < -0.39 is 0 Å². The van der Waals surface area contributed by atoms with Gasteiger partial charge in [0.1, 0.15) is 6.10 Å². The molecule has 1 aromatic carbocycles. The molecule has 254 valence electrons. The first-order chi connectivity index (χ1) is 21.7. The molecule has 5 heteroatoms. The molecule has 1 aromatic rings. The molecule has 0 unspecified atom stereocenters. The molecule has 5 aliphatic carbocycles. The van der Waals surface area contributed by atoms with Crippen molar-refractivity contribution in [3.05, 3.63) is 48.0 Å². The Morgan fingerprint density at radius 1 is 0.826 bits per heavy atom. The fourth-order valence-corrected chi connectivity index (χ4v) is 13.2. The van der Waals surface area contributed by atoms with Crippen molar-refractivity contribution in [2.75, 3.05) is 13.2 Å². The van der Waals surface area contributed by atoms with Crippen LogP contribution in [0.25, 0.3) is 0 Å². The van der Waals surface area contributed by atoms with Crippen LogP contribution in [0, 0.1) is 56.7 Å². The smallest absolute Gasteiger partial charge is 0.302 e. The van der Waals surface area contributed by atoms with Crippen molar-refractivity contribution in [3.63, 3.8) is 0 Å². The van der Waals surface area contributed by atoms with Gasteiger partial charge < -0.3 is 14.8 Å². The Morgan fingerprint density at radius 2 is 1.57 bits per heavy atom. The molecule has 5 saturated carbocycles. The maximum Gasteiger partial charge on any atom is 0.302 e. The third kappa shape index (κ3) is 5.30. The Hall–Kier alpha value is -2.14. The van der Waals surface area contributed by atoms with E-state index in [1.54, 1.807) is 13.8 Å². The molecule has 46 heavy (non-hydrogen) atoms. The van der Waals surface area contributed by atoms with Crippen molar-refractivity contribution in [2.45, 2.75) is 125 Å². The first-order valence-corrected chi connectivity index (χ1v) is 18.4. The zero-order valence-electron chi connectivity index (χ0n) is 29.9. The van der Waals surface area contributed by atoms with Gasteiger partial charge in [0.2, 0.25) is 0 Å². The number of hydrogen-bond donors (Lipinski definition) is 1. The summed E-state index contributed by atoms with van der Waals surface area (Å²) < 4.78 is 11.9. The Bertz CT molecular complexity index is 1320. The van der Waals surface area contributed by atoms with Crippen LogP contribution in [0.5, 0.6) is 0 Å². The van der Waals surface area contributed by atoms with Crippen LogP contribution in [0.4, 0.5) is 0 Å². The number of benzene rings is 1. The lowest BCUT2D eigenvalue weighted by molar-refractivity contribution is -0.252. The van der Waals surface area contributed by atoms with Crippen molar-refractivity contribution in [2.24, 2.45) is 56.7 Å². The normalized spacial score (nSPS) is 42.5. The van der Waals surface area contributed by atoms with Gasteiger partial charge in [0.15, 0.2) is 0 Å². The molecule has 0 radical (unpaired) electrons. The van der Waals surface area contributed by atoms with E-state index in [4.69, 9.17) is 16.1 Å². The van der Waals surface area contributed by atoms with Crippen LogP contribution in [-0.4, -0.2) is 31.2 Å². The van der Waals surface area contributed by atoms with E-state index in [-0.39, 0.29) is 45.1 Å². The van der Waals surface area contributed by atoms with E-state index in [2.05, 4.69) is 70.3 Å². The minimum Gasteiger partial charge on any atom is -0.465 e. The quantitative estimate of drug-likeness (QED) is 0.229. The number of carbonyl (C=O) groups excluding carboxylic acids is 2. The van der Waals surface area contributed by atoms with Gasteiger partial charge in [-0.3, -0.25) is 9.59 Å². The number of carbonyl (C=O) groups is 2. The van der Waals surface area contributed by atoms with Gasteiger partial charge in [0.05, 0.1) is 6.61 Å². The second-order valence-electron chi connectivity index (χ2n) is 17.7. The van der Waals surface area contributed by atoms with E-state index in [0.717, 1.165) is 45.2 Å². The highest BCUT2D eigenvalue weighted by Crippen LogP contribution is 2.77. The van der Waals surface area contributed by atoms with Crippen LogP contribution >= 0.6 is 0 Å². The van der Waals surface area contributed by atoms with Crippen LogP contribution in [0.1, 0.15) is 118 Å². The summed E-state index contributed by atoms with van der Waals surface area (Å²) >= 11 is 0. The second-order valence-corrected chi connectivity index (χ2v) is 17.7. The molecule has 5 aliphatic rings. The zero-order valence-corrected chi connectivity index (χ0v) is 29.9. The molecule has 0 spiro atoms. The van der Waals surface area contributed by atoms with Gasteiger partial charge in [0.25, 0.3) is 0 Å². The molecule has 0 bridgehead atoms. The number of fused-ring (bicyclic) bond motifs is 7. The molecule has 1 N–H and O–H groups in total. The molecule has 0 saturated heterocycles. The summed E-state index contributed by atoms with van der Waals surface area (Å²) in [6.45, 7) is 22.9. The average Bonchev–Trinajstić information content (AvgIpc) is 3.38. The molecular formula is C41H61NO4. The Morgan fingerprint density at radius 3 is 2.26 bits per heavy atom. The Labute approximate surface area is 279 Å². The predicted molar refractivity (Wildman–Crippen MR) is 184 cm³/mol. The molecule has 0 heterocycles. The topological polar surface area (TPSA) is 64.6 Å². The maximum atomic E-state index is 12.2. The van der Waals surface area contributed by atoms with Crippen LogP contribution in [0.2, 0.25) is 0 Å². The molecule has 0 amide bonds. The minimum atomic E-state index is -0.151. The first kappa shape index (κ1) is 33.7. The predicted octanol–water partition coefficient (Wildman–Crippen LogP) is 8.91. The lowest BCUT2D eigenvalue weighted by atomic mass is 9.32. The molecule has 10 atom stereocenters. The van der Waals surface area contributed by atoms with Crippen molar-refractivity contribution in [1.29, 1.82) is 0 Å². The third-order valence-electron chi connectivity index (χ3n) is 15.5. The number of ether oxygens (including phenoxy) is 2. The summed E-state index contributed by atoms with van der Waals surface area (Å²) in [5.74, 6) is 2.47. The maximum absolute atomic E-state index is 12.2. The van der Waals surface area contributed by atoms with Crippen molar-refractivity contribution >= 4 is 11.9 Å². The third-order valence-corrected chi connectivity index (χ3v) is 15.5. The van der Waals surface area contributed by atoms with Gasteiger partial charge in [-0.25, -0.2) is 0 Å². The highest BCUT2D eigenvalue weighted by Gasteiger charge is 2.71. The van der Waals surface area contributed by atoms with Gasteiger partial charge >= 0.3 is 11.9 Å². The van der Waals surface area contributed by atoms with Crippen LogP contribution in [0.15, 0.2) is 42.5 Å². The monoisotopic (exact) mass is 631 g/mol. The highest BCUT2D eigenvalue weighted by molar-refractivity contribution is 5.66. The lowest BCUT2D eigenvalue weighted by Crippen LogP contribution is -2.67. The Balaban J connectivity index is 1.28. The lowest BCUT2D eigenvalue weighted by Gasteiger charge is -2.73. The summed E-state index contributed by atoms with van der Waals surface area (Å²) in [4.78, 5) is 24.2. The molecule has 0 aromatic heterocycles. The fourth-order valence-electron chi connectivity index (χ4n) is 13.2. The van der Waals surface area contributed by atoms with Gasteiger partial charge in [-0.15, -0.1) is 0 Å². The van der Waals surface area contributed by atoms with Crippen molar-refractivity contribution in [3.8, 4) is 0 Å². The minimum absolute atomic E-state index is 0.0108. The van der Waals surface area contributed by atoms with E-state index in [0.29, 0.717) is 36.2 Å². The summed E-state index contributed by atoms with van der Waals surface area (Å²) in [5, 5.41) is 3.71. The number of hydrogen-bond acceptors (Lipinski definition) is 5. The molecular weight excluding hydrogens is 570 g/mol. The first-order valence-electron chi connectivity index (χ1n) is 18.4. The second kappa shape index (κ2) is 12.1. The Kier molecular flexibility index (Phi) is 8.86. The highest BCUT2D eigenvalue weighted by atomic mass is 16.5. The zero-order chi connectivity index (χ0) is 33.1. The van der Waals surface area contributed by atoms with E-state index in [1.807, 2.05) is 0 Å². The van der Waals surface area contributed by atoms with Crippen LogP contribution < -0.4 is 5.32 Å². The number of nitrogens with one attached hydrogen (secondary N) is 1. The summed E-state index contributed by atoms with van der Waals surface area (Å²) in [7, 11) is 0. The largest absolute Gasteiger partial charge is 0.465 e. The van der Waals surface area contributed by atoms with Crippen LogP contribution in [-0.2, 0) is 25.6 Å². The summed E-state index contributed by atoms with van der Waals surface area (Å²) in [6.07, 6.45) is 11.7. The molecule has 6 rings (SSSR count).